The van der Waals surface area contributed by atoms with Crippen molar-refractivity contribution in [1.82, 2.24) is 9.97 Å². The van der Waals surface area contributed by atoms with Gasteiger partial charge >= 0.3 is 12.1 Å². The minimum Gasteiger partial charge on any atom is -0.489 e. The van der Waals surface area contributed by atoms with Gasteiger partial charge in [0, 0.05) is 17.1 Å². The first-order valence-corrected chi connectivity index (χ1v) is 11.0. The lowest BCUT2D eigenvalue weighted by Gasteiger charge is -2.35. The number of alkyl halides is 3. The van der Waals surface area contributed by atoms with Crippen molar-refractivity contribution in [3.05, 3.63) is 88.0 Å². The van der Waals surface area contributed by atoms with E-state index in [4.69, 9.17) is 21.4 Å². The van der Waals surface area contributed by atoms with Gasteiger partial charge in [-0.1, -0.05) is 48.9 Å². The number of aliphatic carboxylic acids is 1. The van der Waals surface area contributed by atoms with Gasteiger partial charge in [-0.2, -0.15) is 13.2 Å². The van der Waals surface area contributed by atoms with E-state index < -0.39 is 35.3 Å². The maximum Gasteiger partial charge on any atom is 0.423 e. The van der Waals surface area contributed by atoms with Crippen LogP contribution in [0.2, 0.25) is 5.02 Å². The van der Waals surface area contributed by atoms with E-state index in [0.29, 0.717) is 17.0 Å². The highest BCUT2D eigenvalue weighted by Crippen LogP contribution is 2.49. The highest BCUT2D eigenvalue weighted by molar-refractivity contribution is 6.31. The van der Waals surface area contributed by atoms with Crippen molar-refractivity contribution in [3.63, 3.8) is 0 Å². The lowest BCUT2D eigenvalue weighted by Crippen LogP contribution is -2.47. The van der Waals surface area contributed by atoms with Crippen LogP contribution in [0.25, 0.3) is 0 Å². The molecule has 0 fully saturated rings. The van der Waals surface area contributed by atoms with Crippen molar-refractivity contribution >= 4 is 17.6 Å². The maximum absolute atomic E-state index is 14.1. The van der Waals surface area contributed by atoms with Crippen LogP contribution < -0.4 is 4.74 Å². The molecule has 3 atom stereocenters. The summed E-state index contributed by atoms with van der Waals surface area (Å²) in [4.78, 5) is 18.7. The Balaban J connectivity index is 1.80. The molecule has 3 aromatic rings. The third-order valence-electron chi connectivity index (χ3n) is 5.92. The molecule has 186 valence electrons. The fourth-order valence-electron chi connectivity index (χ4n) is 3.59. The molecular weight excluding hydrogens is 485 g/mol. The number of hydrogen-bond acceptors (Lipinski definition) is 5. The third kappa shape index (κ3) is 5.57. The van der Waals surface area contributed by atoms with Gasteiger partial charge in [0.1, 0.15) is 18.1 Å². The highest BCUT2D eigenvalue weighted by Gasteiger charge is 2.60. The smallest absolute Gasteiger partial charge is 0.423 e. The number of aromatic nitrogens is 2. The molecule has 1 aromatic heterocycles. The molecule has 6 nitrogen and oxygen atoms in total. The topological polar surface area (TPSA) is 92.5 Å². The first kappa shape index (κ1) is 26.4. The molecule has 0 saturated carbocycles. The monoisotopic (exact) mass is 508 g/mol. The molecule has 0 radical (unpaired) electrons. The number of ether oxygens (including phenoxy) is 1. The number of halogens is 4. The average Bonchev–Trinajstić information content (AvgIpc) is 2.81. The first-order valence-electron chi connectivity index (χ1n) is 10.7. The first-order chi connectivity index (χ1) is 16.3. The molecule has 2 N–H and O–H groups in total. The minimum atomic E-state index is -5.04. The zero-order chi connectivity index (χ0) is 26.0. The molecule has 0 bridgehead atoms. The summed E-state index contributed by atoms with van der Waals surface area (Å²) in [6.07, 6.45) is -2.97. The predicted molar refractivity (Wildman–Crippen MR) is 123 cm³/mol. The van der Waals surface area contributed by atoms with Crippen molar-refractivity contribution < 1.29 is 32.9 Å². The van der Waals surface area contributed by atoms with Gasteiger partial charge in [-0.25, -0.2) is 0 Å². The van der Waals surface area contributed by atoms with E-state index in [1.54, 1.807) is 38.1 Å². The largest absolute Gasteiger partial charge is 0.489 e. The van der Waals surface area contributed by atoms with E-state index >= 15 is 0 Å². The molecule has 1 unspecified atom stereocenters. The number of nitrogens with zero attached hydrogens (tertiary/aromatic N) is 2. The lowest BCUT2D eigenvalue weighted by molar-refractivity contribution is -0.276. The van der Waals surface area contributed by atoms with Gasteiger partial charge in [-0.05, 0) is 42.7 Å². The maximum atomic E-state index is 14.1. The minimum absolute atomic E-state index is 0.0108. The SMILES string of the molecule is Cc1cnc([C@](O)([C@H](C)c2ccc(OCc3ccc(C(C)C(=O)O)cc3)cc2Cl)C(F)(F)F)cn1. The molecule has 35 heavy (non-hydrogen) atoms. The van der Waals surface area contributed by atoms with Crippen molar-refractivity contribution in [2.75, 3.05) is 0 Å². The van der Waals surface area contributed by atoms with Gasteiger partial charge in [0.15, 0.2) is 0 Å². The van der Waals surface area contributed by atoms with Crippen LogP contribution in [0, 0.1) is 6.92 Å². The Kier molecular flexibility index (Phi) is 7.71. The molecule has 10 heteroatoms. The van der Waals surface area contributed by atoms with Gasteiger partial charge in [-0.15, -0.1) is 0 Å². The summed E-state index contributed by atoms with van der Waals surface area (Å²) in [5, 5.41) is 19.9. The molecule has 0 aliphatic heterocycles. The molecule has 0 aliphatic rings. The number of hydrogen-bond donors (Lipinski definition) is 2. The molecule has 0 saturated heterocycles. The average molecular weight is 509 g/mol. The van der Waals surface area contributed by atoms with Crippen LogP contribution in [-0.4, -0.2) is 32.3 Å². The Morgan fingerprint density at radius 3 is 2.26 bits per heavy atom. The van der Waals surface area contributed by atoms with Gasteiger partial charge in [-0.3, -0.25) is 14.8 Å². The number of carboxylic acid groups (broad SMARTS) is 1. The number of rotatable bonds is 8. The Bertz CT molecular complexity index is 1190. The summed E-state index contributed by atoms with van der Waals surface area (Å²) in [7, 11) is 0. The van der Waals surface area contributed by atoms with Gasteiger partial charge in [0.2, 0.25) is 5.60 Å². The van der Waals surface area contributed by atoms with Crippen LogP contribution in [-0.2, 0) is 17.0 Å². The van der Waals surface area contributed by atoms with Crippen LogP contribution in [0.15, 0.2) is 54.9 Å². The van der Waals surface area contributed by atoms with Crippen LogP contribution in [0.1, 0.15) is 53.8 Å². The van der Waals surface area contributed by atoms with Crippen molar-refractivity contribution in [1.29, 1.82) is 0 Å². The van der Waals surface area contributed by atoms with Crippen LogP contribution in [0.4, 0.5) is 13.2 Å². The summed E-state index contributed by atoms with van der Waals surface area (Å²) >= 11 is 6.31. The van der Waals surface area contributed by atoms with E-state index in [0.717, 1.165) is 18.0 Å². The molecule has 0 amide bonds. The van der Waals surface area contributed by atoms with Crippen molar-refractivity contribution in [2.24, 2.45) is 0 Å². The van der Waals surface area contributed by atoms with E-state index in [1.165, 1.54) is 25.1 Å². The Hall–Kier alpha value is -3.17. The summed E-state index contributed by atoms with van der Waals surface area (Å²) in [6, 6.07) is 11.1. The van der Waals surface area contributed by atoms with E-state index in [-0.39, 0.29) is 17.2 Å². The quantitative estimate of drug-likeness (QED) is 0.402. The number of benzene rings is 2. The Morgan fingerprint density at radius 1 is 1.09 bits per heavy atom. The van der Waals surface area contributed by atoms with Crippen LogP contribution in [0.5, 0.6) is 5.75 Å². The molecule has 1 heterocycles. The molecule has 0 aliphatic carbocycles. The molecule has 0 spiro atoms. The van der Waals surface area contributed by atoms with Crippen molar-refractivity contribution in [3.8, 4) is 5.75 Å². The van der Waals surface area contributed by atoms with Gasteiger partial charge < -0.3 is 14.9 Å². The van der Waals surface area contributed by atoms with Gasteiger partial charge in [0.05, 0.1) is 17.8 Å². The lowest BCUT2D eigenvalue weighted by atomic mass is 9.80. The molecular formula is C25H24ClF3N2O4. The molecule has 3 rings (SSSR count). The third-order valence-corrected chi connectivity index (χ3v) is 6.25. The van der Waals surface area contributed by atoms with E-state index in [2.05, 4.69) is 9.97 Å². The second kappa shape index (κ2) is 10.2. The van der Waals surface area contributed by atoms with E-state index in [1.807, 2.05) is 0 Å². The fourth-order valence-corrected chi connectivity index (χ4v) is 3.92. The standard InChI is InChI=1S/C25H24ClF3N2O4/c1-14-11-31-22(12-30-14)24(34,25(27,28)29)16(3)20-9-8-19(10-21(20)26)35-13-17-4-6-18(7-5-17)15(2)23(32)33/h4-12,15-16,34H,13H2,1-3H3,(H,32,33)/t15?,16-,24-/m1/s1. The van der Waals surface area contributed by atoms with E-state index in [9.17, 15) is 23.1 Å². The van der Waals surface area contributed by atoms with Crippen LogP contribution >= 0.6 is 11.6 Å². The zero-order valence-electron chi connectivity index (χ0n) is 19.2. The van der Waals surface area contributed by atoms with Crippen molar-refractivity contribution in [2.45, 2.75) is 51.0 Å². The fraction of sp³-hybridized carbons (Fsp3) is 0.320. The number of aryl methyl sites for hydroxylation is 1. The number of aliphatic hydroxyl groups is 1. The second-order valence-electron chi connectivity index (χ2n) is 8.30. The predicted octanol–water partition coefficient (Wildman–Crippen LogP) is 5.76. The Labute approximate surface area is 205 Å². The summed E-state index contributed by atoms with van der Waals surface area (Å²) in [5.74, 6) is -2.74. The number of carboxylic acids is 1. The zero-order valence-corrected chi connectivity index (χ0v) is 19.9. The summed E-state index contributed by atoms with van der Waals surface area (Å²) in [6.45, 7) is 4.52. The summed E-state index contributed by atoms with van der Waals surface area (Å²) < 4.78 is 47.8. The van der Waals surface area contributed by atoms with Gasteiger partial charge in [0.25, 0.3) is 0 Å². The molecule has 2 aromatic carbocycles. The second-order valence-corrected chi connectivity index (χ2v) is 8.71. The number of carbonyl (C=O) groups is 1. The Morgan fingerprint density at radius 2 is 1.74 bits per heavy atom. The normalized spacial score (nSPS) is 15.2. The van der Waals surface area contributed by atoms with Crippen LogP contribution in [0.3, 0.4) is 0 Å². The summed E-state index contributed by atoms with van der Waals surface area (Å²) in [5.41, 5.74) is -2.04. The highest BCUT2D eigenvalue weighted by atomic mass is 35.5.